The molecule has 1 nitrogen and oxygen atoms in total. The Hall–Kier alpha value is -1.24. The molecule has 0 aliphatic heterocycles. The van der Waals surface area contributed by atoms with Gasteiger partial charge in [0.15, 0.2) is 0 Å². The number of hydrogen-bond donors (Lipinski definition) is 1. The molecule has 0 saturated heterocycles. The second-order valence-electron chi connectivity index (χ2n) is 4.88. The highest BCUT2D eigenvalue weighted by Gasteiger charge is 2.25. The first-order chi connectivity index (χ1) is 7.27. The molecule has 1 aliphatic carbocycles. The fourth-order valence-electron chi connectivity index (χ4n) is 2.89. The number of aromatic amines is 1. The minimum absolute atomic E-state index is 0.698. The lowest BCUT2D eigenvalue weighted by Gasteiger charge is -2.24. The zero-order valence-electron chi connectivity index (χ0n) is 9.38. The van der Waals surface area contributed by atoms with E-state index in [2.05, 4.69) is 43.1 Å². The number of para-hydroxylation sites is 1. The van der Waals surface area contributed by atoms with Crippen LogP contribution in [-0.2, 0) is 0 Å². The smallest absolute Gasteiger partial charge is 0.0459 e. The van der Waals surface area contributed by atoms with Crippen molar-refractivity contribution in [3.05, 3.63) is 35.5 Å². The van der Waals surface area contributed by atoms with Gasteiger partial charge >= 0.3 is 0 Å². The first-order valence-corrected chi connectivity index (χ1v) is 5.88. The molecule has 2 atom stereocenters. The third-order valence-electron chi connectivity index (χ3n) is 3.80. The van der Waals surface area contributed by atoms with Gasteiger partial charge in [0.2, 0.25) is 0 Å². The van der Waals surface area contributed by atoms with E-state index >= 15 is 0 Å². The van der Waals surface area contributed by atoms with Crippen LogP contribution in [0.4, 0.5) is 0 Å². The van der Waals surface area contributed by atoms with Crippen LogP contribution in [0.15, 0.2) is 24.3 Å². The number of rotatable bonds is 0. The molecule has 0 spiro atoms. The molecular weight excluding hydrogens is 182 g/mol. The van der Waals surface area contributed by atoms with Crippen molar-refractivity contribution in [2.75, 3.05) is 0 Å². The molecule has 1 aromatic heterocycles. The fourth-order valence-corrected chi connectivity index (χ4v) is 2.89. The zero-order valence-corrected chi connectivity index (χ0v) is 9.38. The number of aromatic nitrogens is 1. The van der Waals surface area contributed by atoms with E-state index in [0.29, 0.717) is 11.8 Å². The number of hydrogen-bond acceptors (Lipinski definition) is 0. The van der Waals surface area contributed by atoms with Gasteiger partial charge in [-0.15, -0.1) is 0 Å². The van der Waals surface area contributed by atoms with Crippen molar-refractivity contribution in [3.8, 4) is 0 Å². The number of H-pyrrole nitrogens is 1. The highest BCUT2D eigenvalue weighted by Crippen LogP contribution is 2.41. The van der Waals surface area contributed by atoms with Gasteiger partial charge in [-0.3, -0.25) is 0 Å². The van der Waals surface area contributed by atoms with Crippen LogP contribution in [0.25, 0.3) is 10.9 Å². The molecule has 1 heteroatoms. The summed E-state index contributed by atoms with van der Waals surface area (Å²) >= 11 is 0. The van der Waals surface area contributed by atoms with Gasteiger partial charge in [-0.2, -0.15) is 0 Å². The maximum absolute atomic E-state index is 3.60. The SMILES string of the molecule is CC1CCC(C)c2c1[nH]c1ccccc21. The number of nitrogens with one attached hydrogen (secondary N) is 1. The monoisotopic (exact) mass is 199 g/mol. The van der Waals surface area contributed by atoms with Gasteiger partial charge in [-0.1, -0.05) is 32.0 Å². The van der Waals surface area contributed by atoms with E-state index in [0.717, 1.165) is 0 Å². The predicted molar refractivity (Wildman–Crippen MR) is 64.4 cm³/mol. The van der Waals surface area contributed by atoms with Crippen LogP contribution in [0, 0.1) is 0 Å². The molecule has 2 aromatic rings. The van der Waals surface area contributed by atoms with Gasteiger partial charge in [0.25, 0.3) is 0 Å². The van der Waals surface area contributed by atoms with Crippen molar-refractivity contribution >= 4 is 10.9 Å². The van der Waals surface area contributed by atoms with E-state index in [4.69, 9.17) is 0 Å². The molecule has 1 heterocycles. The third kappa shape index (κ3) is 1.22. The number of benzene rings is 1. The Morgan fingerprint density at radius 3 is 2.67 bits per heavy atom. The summed E-state index contributed by atoms with van der Waals surface area (Å²) in [5, 5.41) is 1.44. The molecular formula is C14H17N. The minimum Gasteiger partial charge on any atom is -0.358 e. The summed E-state index contributed by atoms with van der Waals surface area (Å²) in [4.78, 5) is 3.60. The van der Waals surface area contributed by atoms with Gasteiger partial charge in [0, 0.05) is 16.6 Å². The van der Waals surface area contributed by atoms with E-state index in [1.807, 2.05) is 0 Å². The largest absolute Gasteiger partial charge is 0.358 e. The maximum atomic E-state index is 3.60. The summed E-state index contributed by atoms with van der Waals surface area (Å²) in [7, 11) is 0. The Labute approximate surface area is 90.5 Å². The highest BCUT2D eigenvalue weighted by atomic mass is 14.7. The van der Waals surface area contributed by atoms with E-state index in [1.165, 1.54) is 29.4 Å². The Bertz CT molecular complexity index is 495. The maximum Gasteiger partial charge on any atom is 0.0459 e. The van der Waals surface area contributed by atoms with Crippen LogP contribution >= 0.6 is 0 Å². The van der Waals surface area contributed by atoms with Gasteiger partial charge in [-0.25, -0.2) is 0 Å². The van der Waals surface area contributed by atoms with Gasteiger partial charge in [0.1, 0.15) is 0 Å². The molecule has 0 amide bonds. The second kappa shape index (κ2) is 3.13. The van der Waals surface area contributed by atoms with Crippen molar-refractivity contribution in [1.29, 1.82) is 0 Å². The summed E-state index contributed by atoms with van der Waals surface area (Å²) < 4.78 is 0. The van der Waals surface area contributed by atoms with Crippen LogP contribution in [0.1, 0.15) is 49.8 Å². The lowest BCUT2D eigenvalue weighted by atomic mass is 9.81. The van der Waals surface area contributed by atoms with E-state index in [-0.39, 0.29) is 0 Å². The normalized spacial score (nSPS) is 25.5. The van der Waals surface area contributed by atoms with Crippen LogP contribution < -0.4 is 0 Å². The molecule has 78 valence electrons. The van der Waals surface area contributed by atoms with Crippen molar-refractivity contribution in [2.45, 2.75) is 38.5 Å². The van der Waals surface area contributed by atoms with Crippen LogP contribution in [0.5, 0.6) is 0 Å². The summed E-state index contributed by atoms with van der Waals surface area (Å²) in [6.07, 6.45) is 2.65. The average molecular weight is 199 g/mol. The molecule has 15 heavy (non-hydrogen) atoms. The second-order valence-corrected chi connectivity index (χ2v) is 4.88. The molecule has 1 aromatic carbocycles. The summed E-state index contributed by atoms with van der Waals surface area (Å²) in [5.74, 6) is 1.41. The van der Waals surface area contributed by atoms with Crippen LogP contribution in [-0.4, -0.2) is 4.98 Å². The molecule has 0 fully saturated rings. The molecule has 1 N–H and O–H groups in total. The fraction of sp³-hybridized carbons (Fsp3) is 0.429. The van der Waals surface area contributed by atoms with Crippen molar-refractivity contribution < 1.29 is 0 Å². The van der Waals surface area contributed by atoms with Gasteiger partial charge < -0.3 is 4.98 Å². The standard InChI is InChI=1S/C14H17N/c1-9-7-8-10(2)14-13(9)11-5-3-4-6-12(11)15-14/h3-6,9-10,15H,7-8H2,1-2H3. The molecule has 3 rings (SSSR count). The van der Waals surface area contributed by atoms with Crippen LogP contribution in [0.3, 0.4) is 0 Å². The Morgan fingerprint density at radius 2 is 1.80 bits per heavy atom. The first kappa shape index (κ1) is 9.02. The van der Waals surface area contributed by atoms with E-state index < -0.39 is 0 Å². The Balaban J connectivity index is 2.34. The Morgan fingerprint density at radius 1 is 1.07 bits per heavy atom. The molecule has 0 bridgehead atoms. The number of fused-ring (bicyclic) bond motifs is 3. The molecule has 2 unspecified atom stereocenters. The first-order valence-electron chi connectivity index (χ1n) is 5.88. The van der Waals surface area contributed by atoms with Crippen molar-refractivity contribution in [2.24, 2.45) is 0 Å². The van der Waals surface area contributed by atoms with E-state index in [1.54, 1.807) is 5.56 Å². The topological polar surface area (TPSA) is 15.8 Å². The van der Waals surface area contributed by atoms with Crippen molar-refractivity contribution in [1.82, 2.24) is 4.98 Å². The summed E-state index contributed by atoms with van der Waals surface area (Å²) in [5.41, 5.74) is 4.36. The average Bonchev–Trinajstić information content (AvgIpc) is 2.64. The third-order valence-corrected chi connectivity index (χ3v) is 3.80. The predicted octanol–water partition coefficient (Wildman–Crippen LogP) is 4.17. The molecule has 0 saturated carbocycles. The quantitative estimate of drug-likeness (QED) is 0.655. The van der Waals surface area contributed by atoms with Crippen LogP contribution in [0.2, 0.25) is 0 Å². The van der Waals surface area contributed by atoms with Crippen molar-refractivity contribution in [3.63, 3.8) is 0 Å². The summed E-state index contributed by atoms with van der Waals surface area (Å²) in [6, 6.07) is 8.69. The molecule has 0 radical (unpaired) electrons. The lowest BCUT2D eigenvalue weighted by molar-refractivity contribution is 0.523. The van der Waals surface area contributed by atoms with E-state index in [9.17, 15) is 0 Å². The summed E-state index contributed by atoms with van der Waals surface area (Å²) in [6.45, 7) is 4.69. The molecule has 1 aliphatic rings. The van der Waals surface area contributed by atoms with Gasteiger partial charge in [-0.05, 0) is 36.3 Å². The zero-order chi connectivity index (χ0) is 10.4. The minimum atomic E-state index is 0.698. The van der Waals surface area contributed by atoms with Gasteiger partial charge in [0.05, 0.1) is 0 Å². The Kier molecular flexibility index (Phi) is 1.88. The highest BCUT2D eigenvalue weighted by molar-refractivity contribution is 5.85. The lowest BCUT2D eigenvalue weighted by Crippen LogP contribution is -2.09.